The Balaban J connectivity index is 1.77. The van der Waals surface area contributed by atoms with E-state index in [9.17, 15) is 0 Å². The Morgan fingerprint density at radius 1 is 1.41 bits per heavy atom. The number of furan rings is 1. The van der Waals surface area contributed by atoms with Crippen LogP contribution in [0.15, 0.2) is 41.3 Å². The maximum Gasteiger partial charge on any atom is 0.105 e. The highest BCUT2D eigenvalue weighted by atomic mass is 16.3. The zero-order chi connectivity index (χ0) is 12.1. The Labute approximate surface area is 102 Å². The van der Waals surface area contributed by atoms with E-state index in [4.69, 9.17) is 4.42 Å². The van der Waals surface area contributed by atoms with Crippen LogP contribution in [-0.4, -0.2) is 10.6 Å². The Bertz CT molecular complexity index is 431. The molecule has 0 spiro atoms. The van der Waals surface area contributed by atoms with E-state index in [-0.39, 0.29) is 0 Å². The van der Waals surface area contributed by atoms with Crippen molar-refractivity contribution < 1.29 is 4.42 Å². The minimum Gasteiger partial charge on any atom is -0.469 e. The number of hydrogen-bond donors (Lipinski definition) is 1. The molecule has 0 bridgehead atoms. The highest BCUT2D eigenvalue weighted by Gasteiger charge is 2.05. The number of aryl methyl sites for hydroxylation is 1. The largest absolute Gasteiger partial charge is 0.469 e. The van der Waals surface area contributed by atoms with Crippen molar-refractivity contribution in [1.29, 1.82) is 0 Å². The second-order valence-corrected chi connectivity index (χ2v) is 4.42. The Morgan fingerprint density at radius 2 is 2.29 bits per heavy atom. The predicted octanol–water partition coefficient (Wildman–Crippen LogP) is 2.82. The molecule has 17 heavy (non-hydrogen) atoms. The van der Waals surface area contributed by atoms with Crippen LogP contribution in [0.4, 0.5) is 0 Å². The van der Waals surface area contributed by atoms with Gasteiger partial charge in [0.1, 0.15) is 5.76 Å². The minimum absolute atomic E-state index is 0.422. The van der Waals surface area contributed by atoms with E-state index < -0.39 is 0 Å². The van der Waals surface area contributed by atoms with Gasteiger partial charge in [-0.3, -0.25) is 0 Å². The summed E-state index contributed by atoms with van der Waals surface area (Å²) in [6, 6.07) is 6.54. The third-order valence-corrected chi connectivity index (χ3v) is 2.92. The van der Waals surface area contributed by atoms with Gasteiger partial charge >= 0.3 is 0 Å². The van der Waals surface area contributed by atoms with Gasteiger partial charge < -0.3 is 14.3 Å². The number of rotatable bonds is 6. The summed E-state index contributed by atoms with van der Waals surface area (Å²) < 4.78 is 7.52. The molecule has 2 heterocycles. The summed E-state index contributed by atoms with van der Waals surface area (Å²) in [7, 11) is 0. The minimum atomic E-state index is 0.422. The second kappa shape index (κ2) is 5.73. The molecule has 0 amide bonds. The molecule has 0 aliphatic carbocycles. The van der Waals surface area contributed by atoms with Crippen LogP contribution < -0.4 is 5.32 Å². The Kier molecular flexibility index (Phi) is 4.04. The maximum atomic E-state index is 5.33. The van der Waals surface area contributed by atoms with Crippen LogP contribution in [0, 0.1) is 0 Å². The fraction of sp³-hybridized carbons (Fsp3) is 0.429. The molecule has 1 N–H and O–H groups in total. The molecular weight excluding hydrogens is 212 g/mol. The zero-order valence-electron chi connectivity index (χ0n) is 10.5. The van der Waals surface area contributed by atoms with Gasteiger partial charge in [-0.1, -0.05) is 0 Å². The SMILES string of the molecule is CCn1ccc(CNC(C)Cc2ccco2)c1. The number of nitrogens with one attached hydrogen (secondary N) is 1. The summed E-state index contributed by atoms with van der Waals surface area (Å²) in [4.78, 5) is 0. The highest BCUT2D eigenvalue weighted by Crippen LogP contribution is 2.05. The van der Waals surface area contributed by atoms with Crippen molar-refractivity contribution >= 4 is 0 Å². The van der Waals surface area contributed by atoms with E-state index in [0.717, 1.165) is 25.3 Å². The van der Waals surface area contributed by atoms with Gasteiger partial charge in [-0.15, -0.1) is 0 Å². The topological polar surface area (TPSA) is 30.1 Å². The fourth-order valence-electron chi connectivity index (χ4n) is 1.89. The van der Waals surface area contributed by atoms with Crippen LogP contribution >= 0.6 is 0 Å². The molecule has 2 aromatic rings. The van der Waals surface area contributed by atoms with Gasteiger partial charge in [-0.05, 0) is 37.6 Å². The number of nitrogens with zero attached hydrogens (tertiary/aromatic N) is 1. The fourth-order valence-corrected chi connectivity index (χ4v) is 1.89. The summed E-state index contributed by atoms with van der Waals surface area (Å²) in [5.74, 6) is 1.04. The number of hydrogen-bond acceptors (Lipinski definition) is 2. The summed E-state index contributed by atoms with van der Waals surface area (Å²) >= 11 is 0. The average Bonchev–Trinajstić information content (AvgIpc) is 2.96. The van der Waals surface area contributed by atoms with Crippen LogP contribution in [-0.2, 0) is 19.5 Å². The van der Waals surface area contributed by atoms with Gasteiger partial charge in [0, 0.05) is 37.9 Å². The molecule has 3 nitrogen and oxygen atoms in total. The van der Waals surface area contributed by atoms with Gasteiger partial charge in [0.15, 0.2) is 0 Å². The summed E-state index contributed by atoms with van der Waals surface area (Å²) in [5, 5.41) is 3.50. The lowest BCUT2D eigenvalue weighted by Gasteiger charge is -2.11. The van der Waals surface area contributed by atoms with Gasteiger partial charge in [0.05, 0.1) is 6.26 Å². The van der Waals surface area contributed by atoms with Crippen LogP contribution in [0.2, 0.25) is 0 Å². The summed E-state index contributed by atoms with van der Waals surface area (Å²) in [6.45, 7) is 6.27. The smallest absolute Gasteiger partial charge is 0.105 e. The van der Waals surface area contributed by atoms with E-state index in [0.29, 0.717) is 6.04 Å². The average molecular weight is 232 g/mol. The molecule has 2 rings (SSSR count). The first-order chi connectivity index (χ1) is 8.28. The van der Waals surface area contributed by atoms with Crippen molar-refractivity contribution in [3.8, 4) is 0 Å². The first-order valence-corrected chi connectivity index (χ1v) is 6.18. The van der Waals surface area contributed by atoms with Crippen LogP contribution in [0.5, 0.6) is 0 Å². The molecule has 1 unspecified atom stereocenters. The van der Waals surface area contributed by atoms with Crippen molar-refractivity contribution in [2.75, 3.05) is 0 Å². The van der Waals surface area contributed by atoms with Gasteiger partial charge in [-0.25, -0.2) is 0 Å². The van der Waals surface area contributed by atoms with E-state index in [2.05, 4.69) is 42.2 Å². The van der Waals surface area contributed by atoms with E-state index in [1.165, 1.54) is 5.56 Å². The lowest BCUT2D eigenvalue weighted by molar-refractivity contribution is 0.456. The van der Waals surface area contributed by atoms with Crippen LogP contribution in [0.25, 0.3) is 0 Å². The molecule has 92 valence electrons. The van der Waals surface area contributed by atoms with Crippen molar-refractivity contribution in [3.05, 3.63) is 48.2 Å². The van der Waals surface area contributed by atoms with Crippen molar-refractivity contribution in [2.45, 2.75) is 39.4 Å². The van der Waals surface area contributed by atoms with Gasteiger partial charge in [-0.2, -0.15) is 0 Å². The van der Waals surface area contributed by atoms with Crippen molar-refractivity contribution in [1.82, 2.24) is 9.88 Å². The first-order valence-electron chi connectivity index (χ1n) is 6.18. The Hall–Kier alpha value is -1.48. The third kappa shape index (κ3) is 3.49. The predicted molar refractivity (Wildman–Crippen MR) is 68.8 cm³/mol. The summed E-state index contributed by atoms with van der Waals surface area (Å²) in [6.07, 6.45) is 6.96. The maximum absolute atomic E-state index is 5.33. The second-order valence-electron chi connectivity index (χ2n) is 4.42. The van der Waals surface area contributed by atoms with Crippen molar-refractivity contribution in [3.63, 3.8) is 0 Å². The molecule has 0 saturated carbocycles. The zero-order valence-corrected chi connectivity index (χ0v) is 10.5. The monoisotopic (exact) mass is 232 g/mol. The molecule has 0 aromatic carbocycles. The third-order valence-electron chi connectivity index (χ3n) is 2.92. The van der Waals surface area contributed by atoms with E-state index in [1.54, 1.807) is 6.26 Å². The van der Waals surface area contributed by atoms with Gasteiger partial charge in [0.2, 0.25) is 0 Å². The van der Waals surface area contributed by atoms with E-state index >= 15 is 0 Å². The lowest BCUT2D eigenvalue weighted by atomic mass is 10.2. The molecule has 0 radical (unpaired) electrons. The molecule has 2 aromatic heterocycles. The Morgan fingerprint density at radius 3 is 2.94 bits per heavy atom. The molecular formula is C14H20N2O. The lowest BCUT2D eigenvalue weighted by Crippen LogP contribution is -2.27. The number of aromatic nitrogens is 1. The quantitative estimate of drug-likeness (QED) is 0.830. The van der Waals surface area contributed by atoms with Crippen LogP contribution in [0.1, 0.15) is 25.2 Å². The molecule has 0 aliphatic rings. The molecule has 0 saturated heterocycles. The highest BCUT2D eigenvalue weighted by molar-refractivity contribution is 5.10. The molecule has 0 aliphatic heterocycles. The molecule has 1 atom stereocenters. The van der Waals surface area contributed by atoms with Crippen molar-refractivity contribution in [2.24, 2.45) is 0 Å². The summed E-state index contributed by atoms with van der Waals surface area (Å²) in [5.41, 5.74) is 1.33. The standard InChI is InChI=1S/C14H20N2O/c1-3-16-7-6-13(11-16)10-15-12(2)9-14-5-4-8-17-14/h4-8,11-12,15H,3,9-10H2,1-2H3. The normalized spacial score (nSPS) is 12.8. The van der Waals surface area contributed by atoms with E-state index in [1.807, 2.05) is 12.1 Å². The first kappa shape index (κ1) is 12.0. The van der Waals surface area contributed by atoms with Gasteiger partial charge in [0.25, 0.3) is 0 Å². The molecule has 3 heteroatoms. The molecule has 0 fully saturated rings. The van der Waals surface area contributed by atoms with Crippen LogP contribution in [0.3, 0.4) is 0 Å².